The first-order chi connectivity index (χ1) is 20.5. The lowest BCUT2D eigenvalue weighted by atomic mass is 10.0. The van der Waals surface area contributed by atoms with Gasteiger partial charge in [-0.1, -0.05) is 45.2 Å². The maximum atomic E-state index is 13.8. The minimum atomic E-state index is -0.242. The van der Waals surface area contributed by atoms with E-state index in [0.29, 0.717) is 16.9 Å². The number of aromatic amines is 2. The van der Waals surface area contributed by atoms with Crippen molar-refractivity contribution in [1.82, 2.24) is 30.0 Å². The first kappa shape index (κ1) is 31.1. The zero-order valence-corrected chi connectivity index (χ0v) is 26.0. The van der Waals surface area contributed by atoms with Crippen LogP contribution in [0.3, 0.4) is 0 Å². The van der Waals surface area contributed by atoms with E-state index in [-0.39, 0.29) is 5.13 Å². The van der Waals surface area contributed by atoms with Crippen molar-refractivity contribution in [2.45, 2.75) is 53.4 Å². The predicted octanol–water partition coefficient (Wildman–Crippen LogP) is 6.67. The Morgan fingerprint density at radius 3 is 2.67 bits per heavy atom. The summed E-state index contributed by atoms with van der Waals surface area (Å²) in [5, 5.41) is 8.87. The van der Waals surface area contributed by atoms with Crippen molar-refractivity contribution in [2.75, 3.05) is 19.6 Å². The molecule has 0 radical (unpaired) electrons. The fourth-order valence-electron chi connectivity index (χ4n) is 5.20. The summed E-state index contributed by atoms with van der Waals surface area (Å²) >= 11 is 1.08. The SMILES string of the molecule is C=C/C=C(/c1ccc(F)s1)c1nc(-c2n[nH]c(=C)/c2=C\C(=C/C)c2cncc(CCCN3CCCC3)c2)[nH]c1C.CC. The number of H-pyrrole nitrogens is 2. The maximum absolute atomic E-state index is 13.8. The molecule has 0 amide bonds. The molecule has 42 heavy (non-hydrogen) atoms. The molecule has 0 aromatic carbocycles. The van der Waals surface area contributed by atoms with Gasteiger partial charge in [0.1, 0.15) is 5.69 Å². The highest BCUT2D eigenvalue weighted by Gasteiger charge is 2.18. The molecule has 1 fully saturated rings. The monoisotopic (exact) mass is 584 g/mol. The zero-order valence-electron chi connectivity index (χ0n) is 25.1. The van der Waals surface area contributed by atoms with E-state index in [2.05, 4.69) is 56.4 Å². The molecule has 0 aliphatic carbocycles. The van der Waals surface area contributed by atoms with Crippen LogP contribution in [0.15, 0.2) is 55.4 Å². The molecule has 5 heterocycles. The predicted molar refractivity (Wildman–Crippen MR) is 175 cm³/mol. The van der Waals surface area contributed by atoms with Crippen LogP contribution in [-0.2, 0) is 6.42 Å². The molecule has 4 aromatic heterocycles. The molecule has 6 nitrogen and oxygen atoms in total. The topological polar surface area (TPSA) is 73.5 Å². The molecule has 1 aliphatic rings. The van der Waals surface area contributed by atoms with Gasteiger partial charge < -0.3 is 9.88 Å². The van der Waals surface area contributed by atoms with Crippen LogP contribution < -0.4 is 10.6 Å². The summed E-state index contributed by atoms with van der Waals surface area (Å²) in [6.07, 6.45) is 16.4. The third-order valence-electron chi connectivity index (χ3n) is 7.25. The second-order valence-electron chi connectivity index (χ2n) is 10.1. The van der Waals surface area contributed by atoms with Gasteiger partial charge >= 0.3 is 0 Å². The van der Waals surface area contributed by atoms with Gasteiger partial charge in [0.15, 0.2) is 11.0 Å². The van der Waals surface area contributed by atoms with Crippen LogP contribution in [0.4, 0.5) is 4.39 Å². The number of nitrogens with zero attached hydrogens (tertiary/aromatic N) is 4. The number of nitrogens with one attached hydrogen (secondary N) is 2. The van der Waals surface area contributed by atoms with Crippen molar-refractivity contribution in [3.05, 3.63) is 98.5 Å². The third kappa shape index (κ3) is 7.30. The van der Waals surface area contributed by atoms with Crippen LogP contribution >= 0.6 is 11.3 Å². The number of halogens is 1. The van der Waals surface area contributed by atoms with Crippen molar-refractivity contribution < 1.29 is 4.39 Å². The molecule has 2 N–H and O–H groups in total. The molecule has 1 aliphatic heterocycles. The number of aromatic nitrogens is 5. The van der Waals surface area contributed by atoms with Gasteiger partial charge in [0.25, 0.3) is 0 Å². The fraction of sp³-hybridized carbons (Fsp3) is 0.324. The summed E-state index contributed by atoms with van der Waals surface area (Å²) in [7, 11) is 0. The van der Waals surface area contributed by atoms with E-state index >= 15 is 0 Å². The van der Waals surface area contributed by atoms with Crippen molar-refractivity contribution in [1.29, 1.82) is 0 Å². The normalized spacial score (nSPS) is 14.7. The Morgan fingerprint density at radius 2 is 1.98 bits per heavy atom. The van der Waals surface area contributed by atoms with Gasteiger partial charge in [-0.15, -0.1) is 11.3 Å². The number of hydrogen-bond donors (Lipinski definition) is 2. The number of thiophene rings is 1. The van der Waals surface area contributed by atoms with E-state index in [1.807, 2.05) is 46.2 Å². The first-order valence-corrected chi connectivity index (χ1v) is 15.5. The molecule has 4 aromatic rings. The van der Waals surface area contributed by atoms with Crippen molar-refractivity contribution in [2.24, 2.45) is 0 Å². The van der Waals surface area contributed by atoms with Crippen LogP contribution in [0, 0.1) is 12.1 Å². The summed E-state index contributed by atoms with van der Waals surface area (Å²) in [5.41, 5.74) is 6.39. The largest absolute Gasteiger partial charge is 0.340 e. The standard InChI is InChI=1S/C32H35FN6S.C2H6/c1-5-10-26(28-12-13-29(33)40-28)30-22(4)35-32(36-30)31-27(21(3)37-38-31)18-24(6-2)25-17-23(19-34-20-25)11-9-16-39-14-7-8-15-39;1-2/h5-6,10,12-13,17-20,37H,1,3,7-9,11,14-16H2,2,4H3,(H,35,36);1-2H3/b24-6+,26-10-,27-18+;. The fourth-order valence-corrected chi connectivity index (χ4v) is 5.95. The third-order valence-corrected chi connectivity index (χ3v) is 8.15. The van der Waals surface area contributed by atoms with Crippen LogP contribution in [0.2, 0.25) is 0 Å². The summed E-state index contributed by atoms with van der Waals surface area (Å²) in [6, 6.07) is 5.45. The van der Waals surface area contributed by atoms with Crippen molar-refractivity contribution >= 4 is 35.1 Å². The van der Waals surface area contributed by atoms with Gasteiger partial charge in [0, 0.05) is 33.8 Å². The molecule has 1 saturated heterocycles. The number of likely N-dealkylation sites (tertiary alicyclic amines) is 1. The summed E-state index contributed by atoms with van der Waals surface area (Å²) in [5.74, 6) is 0.612. The van der Waals surface area contributed by atoms with Crippen LogP contribution in [-0.4, -0.2) is 49.7 Å². The Bertz CT molecular complexity index is 1670. The zero-order chi connectivity index (χ0) is 30.1. The van der Waals surface area contributed by atoms with Crippen molar-refractivity contribution in [3.63, 3.8) is 0 Å². The Labute approximate surface area is 252 Å². The summed E-state index contributed by atoms with van der Waals surface area (Å²) in [6.45, 7) is 19.6. The maximum Gasteiger partial charge on any atom is 0.176 e. The van der Waals surface area contributed by atoms with Gasteiger partial charge in [-0.05, 0) is 100 Å². The number of imidazole rings is 1. The van der Waals surface area contributed by atoms with E-state index < -0.39 is 0 Å². The lowest BCUT2D eigenvalue weighted by molar-refractivity contribution is 0.334. The number of hydrogen-bond acceptors (Lipinski definition) is 5. The minimum Gasteiger partial charge on any atom is -0.340 e. The van der Waals surface area contributed by atoms with E-state index in [1.165, 1.54) is 37.6 Å². The van der Waals surface area contributed by atoms with E-state index in [1.54, 1.807) is 12.1 Å². The molecule has 0 unspecified atom stereocenters. The first-order valence-electron chi connectivity index (χ1n) is 14.7. The second-order valence-corrected chi connectivity index (χ2v) is 11.1. The van der Waals surface area contributed by atoms with Gasteiger partial charge in [-0.2, -0.15) is 9.49 Å². The lowest BCUT2D eigenvalue weighted by Gasteiger charge is -2.14. The molecule has 0 saturated carbocycles. The molecular formula is C34H41FN6S. The number of aryl methyl sites for hydroxylation is 2. The molecule has 0 spiro atoms. The smallest absolute Gasteiger partial charge is 0.176 e. The van der Waals surface area contributed by atoms with Crippen LogP contribution in [0.1, 0.15) is 67.4 Å². The highest BCUT2D eigenvalue weighted by molar-refractivity contribution is 7.11. The summed E-state index contributed by atoms with van der Waals surface area (Å²) < 4.78 is 13.8. The second kappa shape index (κ2) is 14.8. The Kier molecular flexibility index (Phi) is 11.0. The van der Waals surface area contributed by atoms with E-state index in [0.717, 1.165) is 68.9 Å². The highest BCUT2D eigenvalue weighted by atomic mass is 32.1. The molecule has 8 heteroatoms. The molecule has 220 valence electrons. The molecule has 0 bridgehead atoms. The number of rotatable bonds is 10. The quantitative estimate of drug-likeness (QED) is 0.204. The lowest BCUT2D eigenvalue weighted by Crippen LogP contribution is -2.22. The summed E-state index contributed by atoms with van der Waals surface area (Å²) in [4.78, 5) is 16.2. The Balaban J connectivity index is 0.00000198. The number of allylic oxidation sites excluding steroid dienone is 4. The average Bonchev–Trinajstić information content (AvgIpc) is 3.81. The van der Waals surface area contributed by atoms with Gasteiger partial charge in [-0.3, -0.25) is 10.1 Å². The van der Waals surface area contributed by atoms with E-state index in [4.69, 9.17) is 4.98 Å². The Hall–Kier alpha value is -3.88. The van der Waals surface area contributed by atoms with Gasteiger partial charge in [0.2, 0.25) is 0 Å². The van der Waals surface area contributed by atoms with E-state index in [9.17, 15) is 4.39 Å². The highest BCUT2D eigenvalue weighted by Crippen LogP contribution is 2.31. The van der Waals surface area contributed by atoms with Crippen molar-refractivity contribution in [3.8, 4) is 11.5 Å². The minimum absolute atomic E-state index is 0.242. The van der Waals surface area contributed by atoms with Gasteiger partial charge in [-0.25, -0.2) is 4.98 Å². The Morgan fingerprint density at radius 1 is 1.19 bits per heavy atom. The van der Waals surface area contributed by atoms with Crippen LogP contribution in [0.5, 0.6) is 0 Å². The molecule has 0 atom stereocenters. The van der Waals surface area contributed by atoms with Crippen LogP contribution in [0.25, 0.3) is 35.3 Å². The molecule has 5 rings (SSSR count). The van der Waals surface area contributed by atoms with Gasteiger partial charge in [0.05, 0.1) is 11.0 Å². The molecular weight excluding hydrogens is 543 g/mol. The number of pyridine rings is 1. The average molecular weight is 585 g/mol.